The van der Waals surface area contributed by atoms with Gasteiger partial charge >= 0.3 is 0 Å². The molecule has 1 fully saturated rings. The molecule has 0 saturated heterocycles. The lowest BCUT2D eigenvalue weighted by atomic mass is 9.92. The van der Waals surface area contributed by atoms with E-state index in [4.69, 9.17) is 21.1 Å². The summed E-state index contributed by atoms with van der Waals surface area (Å²) in [5, 5.41) is 0.464. The number of ether oxygens (including phenoxy) is 2. The molecule has 5 heteroatoms. The molecule has 1 aliphatic rings. The van der Waals surface area contributed by atoms with Gasteiger partial charge in [-0.15, -0.1) is 0 Å². The van der Waals surface area contributed by atoms with Gasteiger partial charge in [0.1, 0.15) is 22.5 Å². The first-order valence-electron chi connectivity index (χ1n) is 6.28. The molecule has 0 N–H and O–H groups in total. The van der Waals surface area contributed by atoms with Crippen LogP contribution in [-0.4, -0.2) is 29.3 Å². The quantitative estimate of drug-likeness (QED) is 0.809. The fourth-order valence-corrected chi connectivity index (χ4v) is 2.55. The van der Waals surface area contributed by atoms with Gasteiger partial charge in [-0.1, -0.05) is 11.6 Å². The van der Waals surface area contributed by atoms with Crippen LogP contribution in [0.4, 0.5) is 0 Å². The van der Waals surface area contributed by atoms with Gasteiger partial charge in [-0.2, -0.15) is 0 Å². The van der Waals surface area contributed by atoms with Crippen LogP contribution in [0.1, 0.15) is 18.4 Å². The van der Waals surface area contributed by atoms with Crippen molar-refractivity contribution in [1.82, 2.24) is 9.97 Å². The Balaban J connectivity index is 1.91. The highest BCUT2D eigenvalue weighted by Gasteiger charge is 2.31. The first-order valence-corrected chi connectivity index (χ1v) is 6.66. The fraction of sp³-hybridized carbons (Fsp3) is 0.429. The smallest absolute Gasteiger partial charge is 0.149 e. The van der Waals surface area contributed by atoms with Crippen LogP contribution in [0.15, 0.2) is 18.3 Å². The van der Waals surface area contributed by atoms with E-state index in [2.05, 4.69) is 9.97 Å². The van der Waals surface area contributed by atoms with Crippen LogP contribution in [0.3, 0.4) is 0 Å². The van der Waals surface area contributed by atoms with Crippen molar-refractivity contribution in [2.45, 2.75) is 32.0 Å². The molecule has 19 heavy (non-hydrogen) atoms. The molecule has 3 rings (SSSR count). The number of aromatic nitrogens is 2. The van der Waals surface area contributed by atoms with Crippen molar-refractivity contribution in [3.05, 3.63) is 29.0 Å². The van der Waals surface area contributed by atoms with Gasteiger partial charge in [-0.3, -0.25) is 4.98 Å². The third-order valence-electron chi connectivity index (χ3n) is 3.49. The number of hydrogen-bond acceptors (Lipinski definition) is 4. The molecular formula is C14H15ClN2O2. The average molecular weight is 279 g/mol. The lowest BCUT2D eigenvalue weighted by Crippen LogP contribution is -2.38. The van der Waals surface area contributed by atoms with E-state index >= 15 is 0 Å². The second-order valence-electron chi connectivity index (χ2n) is 4.84. The molecule has 2 heterocycles. The fourth-order valence-electron chi connectivity index (χ4n) is 2.30. The summed E-state index contributed by atoms with van der Waals surface area (Å²) in [6.45, 7) is 1.97. The van der Waals surface area contributed by atoms with E-state index in [1.54, 1.807) is 13.3 Å². The van der Waals surface area contributed by atoms with E-state index in [-0.39, 0.29) is 6.10 Å². The second kappa shape index (κ2) is 4.94. The maximum absolute atomic E-state index is 6.01. The van der Waals surface area contributed by atoms with E-state index in [1.165, 1.54) is 0 Å². The normalized spacial score (nSPS) is 22.3. The molecular weight excluding hydrogens is 264 g/mol. The Morgan fingerprint density at radius 2 is 2.05 bits per heavy atom. The maximum Gasteiger partial charge on any atom is 0.149 e. The number of pyridine rings is 2. The van der Waals surface area contributed by atoms with Gasteiger partial charge in [-0.25, -0.2) is 4.98 Å². The van der Waals surface area contributed by atoms with E-state index in [0.717, 1.165) is 35.2 Å². The van der Waals surface area contributed by atoms with Crippen molar-refractivity contribution >= 4 is 22.6 Å². The summed E-state index contributed by atoms with van der Waals surface area (Å²) >= 11 is 6.01. The van der Waals surface area contributed by atoms with E-state index < -0.39 is 0 Å². The van der Waals surface area contributed by atoms with Crippen LogP contribution < -0.4 is 4.74 Å². The third kappa shape index (κ3) is 2.38. The minimum Gasteiger partial charge on any atom is -0.488 e. The maximum atomic E-state index is 6.01. The summed E-state index contributed by atoms with van der Waals surface area (Å²) in [5.74, 6) is 0.746. The average Bonchev–Trinajstić information content (AvgIpc) is 2.33. The van der Waals surface area contributed by atoms with E-state index in [0.29, 0.717) is 11.3 Å². The summed E-state index contributed by atoms with van der Waals surface area (Å²) in [7, 11) is 1.73. The highest BCUT2D eigenvalue weighted by Crippen LogP contribution is 2.32. The van der Waals surface area contributed by atoms with Crippen LogP contribution in [0.25, 0.3) is 11.0 Å². The number of fused-ring (bicyclic) bond motifs is 1. The van der Waals surface area contributed by atoms with Gasteiger partial charge in [0.15, 0.2) is 0 Å². The molecule has 100 valence electrons. The van der Waals surface area contributed by atoms with Crippen LogP contribution in [0, 0.1) is 6.92 Å². The molecule has 4 nitrogen and oxygen atoms in total. The topological polar surface area (TPSA) is 44.2 Å². The second-order valence-corrected chi connectivity index (χ2v) is 5.22. The standard InChI is InChI=1S/C14H15ClN2O2/c1-8-5-12(15)17-14-11(3-4-16-13(8)14)19-10-6-9(7-10)18-2/h3-5,9-10H,6-7H2,1-2H3. The Hall–Kier alpha value is -1.39. The van der Waals surface area contributed by atoms with Crippen LogP contribution in [-0.2, 0) is 4.74 Å². The molecule has 0 amide bonds. The van der Waals surface area contributed by atoms with Crippen LogP contribution >= 0.6 is 11.6 Å². The van der Waals surface area contributed by atoms with Crippen molar-refractivity contribution in [1.29, 1.82) is 0 Å². The predicted octanol–water partition coefficient (Wildman–Crippen LogP) is 3.15. The zero-order valence-corrected chi connectivity index (χ0v) is 11.6. The summed E-state index contributed by atoms with van der Waals surface area (Å²) < 4.78 is 11.2. The molecule has 2 aromatic rings. The zero-order valence-electron chi connectivity index (χ0n) is 10.9. The highest BCUT2D eigenvalue weighted by molar-refractivity contribution is 6.29. The van der Waals surface area contributed by atoms with Gasteiger partial charge in [0, 0.05) is 32.2 Å². The van der Waals surface area contributed by atoms with Gasteiger partial charge in [0.25, 0.3) is 0 Å². The number of aryl methyl sites for hydroxylation is 1. The highest BCUT2D eigenvalue weighted by atomic mass is 35.5. The molecule has 0 aromatic carbocycles. The molecule has 0 bridgehead atoms. The summed E-state index contributed by atoms with van der Waals surface area (Å²) in [5.41, 5.74) is 2.57. The van der Waals surface area contributed by atoms with E-state index in [9.17, 15) is 0 Å². The zero-order chi connectivity index (χ0) is 13.4. The SMILES string of the molecule is COC1CC(Oc2ccnc3c(C)cc(Cl)nc23)C1. The van der Waals surface area contributed by atoms with Gasteiger partial charge in [0.05, 0.1) is 11.6 Å². The molecule has 2 aromatic heterocycles. The number of halogens is 1. The number of rotatable bonds is 3. The predicted molar refractivity (Wildman–Crippen MR) is 73.7 cm³/mol. The van der Waals surface area contributed by atoms with Crippen LogP contribution in [0.2, 0.25) is 5.15 Å². The Morgan fingerprint density at radius 1 is 1.26 bits per heavy atom. The summed E-state index contributed by atoms with van der Waals surface area (Å²) in [6.07, 6.45) is 4.08. The third-order valence-corrected chi connectivity index (χ3v) is 3.69. The monoisotopic (exact) mass is 278 g/mol. The minimum atomic E-state index is 0.191. The molecule has 0 aliphatic heterocycles. The molecule has 0 unspecified atom stereocenters. The van der Waals surface area contributed by atoms with Crippen molar-refractivity contribution in [3.63, 3.8) is 0 Å². The summed E-state index contributed by atoms with van der Waals surface area (Å²) in [4.78, 5) is 8.67. The van der Waals surface area contributed by atoms with E-state index in [1.807, 2.05) is 19.1 Å². The molecule has 1 saturated carbocycles. The van der Waals surface area contributed by atoms with Crippen molar-refractivity contribution in [2.75, 3.05) is 7.11 Å². The van der Waals surface area contributed by atoms with Gasteiger partial charge in [0.2, 0.25) is 0 Å². The van der Waals surface area contributed by atoms with Crippen molar-refractivity contribution in [3.8, 4) is 5.75 Å². The Kier molecular flexibility index (Phi) is 3.29. The van der Waals surface area contributed by atoms with Crippen molar-refractivity contribution in [2.24, 2.45) is 0 Å². The first-order chi connectivity index (χ1) is 9.17. The molecule has 1 aliphatic carbocycles. The van der Waals surface area contributed by atoms with Crippen LogP contribution in [0.5, 0.6) is 5.75 Å². The molecule has 0 spiro atoms. The minimum absolute atomic E-state index is 0.191. The number of methoxy groups -OCH3 is 1. The number of nitrogens with zero attached hydrogens (tertiary/aromatic N) is 2. The molecule has 0 atom stereocenters. The first kappa shape index (κ1) is 12.6. The Morgan fingerprint density at radius 3 is 2.79 bits per heavy atom. The number of hydrogen-bond donors (Lipinski definition) is 0. The van der Waals surface area contributed by atoms with Gasteiger partial charge in [-0.05, 0) is 18.6 Å². The lowest BCUT2D eigenvalue weighted by Gasteiger charge is -2.34. The molecule has 0 radical (unpaired) electrons. The van der Waals surface area contributed by atoms with Crippen molar-refractivity contribution < 1.29 is 9.47 Å². The lowest BCUT2D eigenvalue weighted by molar-refractivity contribution is -0.0376. The Bertz CT molecular complexity index is 612. The largest absolute Gasteiger partial charge is 0.488 e. The summed E-state index contributed by atoms with van der Waals surface area (Å²) in [6, 6.07) is 3.65. The Labute approximate surface area is 116 Å². The van der Waals surface area contributed by atoms with Gasteiger partial charge < -0.3 is 9.47 Å².